The third kappa shape index (κ3) is 4.60. The lowest BCUT2D eigenvalue weighted by molar-refractivity contribution is -0.147. The van der Waals surface area contributed by atoms with E-state index in [0.29, 0.717) is 18.8 Å². The molecule has 2 radical (unpaired) electrons. The van der Waals surface area contributed by atoms with Gasteiger partial charge in [0.2, 0.25) is 0 Å². The van der Waals surface area contributed by atoms with Crippen LogP contribution in [0.3, 0.4) is 0 Å². The fraction of sp³-hybridized carbons (Fsp3) is 0.833. The summed E-state index contributed by atoms with van der Waals surface area (Å²) in [7, 11) is 5.52. The zero-order valence-electron chi connectivity index (χ0n) is 14.3. The molecule has 1 atom stereocenters. The number of rotatable bonds is 7. The number of likely N-dealkylation sites (tertiary alicyclic amines) is 1. The minimum Gasteiger partial charge on any atom is -0.480 e. The van der Waals surface area contributed by atoms with E-state index in [2.05, 4.69) is 11.5 Å². The number of aliphatic carboxylic acids is 1. The van der Waals surface area contributed by atoms with Gasteiger partial charge in [0.1, 0.15) is 5.54 Å². The third-order valence-electron chi connectivity index (χ3n) is 5.88. The summed E-state index contributed by atoms with van der Waals surface area (Å²) in [5.74, 6) is -0.769. The average Bonchev–Trinajstić information content (AvgIpc) is 2.55. The molecule has 3 N–H and O–H groups in total. The second-order valence-electron chi connectivity index (χ2n) is 7.38. The largest absolute Gasteiger partial charge is 0.480 e. The molecule has 0 aromatic heterocycles. The van der Waals surface area contributed by atoms with E-state index in [1.54, 1.807) is 0 Å². The Morgan fingerprint density at radius 2 is 1.87 bits per heavy atom. The summed E-state index contributed by atoms with van der Waals surface area (Å²) in [6, 6.07) is 0.649. The lowest BCUT2D eigenvalue weighted by atomic mass is 9.74. The second-order valence-corrected chi connectivity index (χ2v) is 7.38. The van der Waals surface area contributed by atoms with Crippen LogP contribution in [0, 0.1) is 5.92 Å². The van der Waals surface area contributed by atoms with Crippen molar-refractivity contribution in [3.8, 4) is 0 Å². The van der Waals surface area contributed by atoms with Crippen LogP contribution in [-0.2, 0) is 4.79 Å². The van der Waals surface area contributed by atoms with Gasteiger partial charge in [-0.2, -0.15) is 0 Å². The topological polar surface area (TPSA) is 66.6 Å². The van der Waals surface area contributed by atoms with Crippen LogP contribution in [0.15, 0.2) is 12.2 Å². The van der Waals surface area contributed by atoms with Crippen molar-refractivity contribution in [2.75, 3.05) is 13.1 Å². The van der Waals surface area contributed by atoms with Crippen LogP contribution in [-0.4, -0.2) is 48.5 Å². The van der Waals surface area contributed by atoms with Gasteiger partial charge in [-0.25, -0.2) is 0 Å². The number of allylic oxidation sites excluding steroid dienone is 1. The second kappa shape index (κ2) is 8.34. The number of carboxylic acids is 1. The Labute approximate surface area is 141 Å². The van der Waals surface area contributed by atoms with Crippen molar-refractivity contribution in [2.45, 2.75) is 75.7 Å². The van der Waals surface area contributed by atoms with Crippen molar-refractivity contribution in [1.29, 1.82) is 0 Å². The summed E-state index contributed by atoms with van der Waals surface area (Å²) >= 11 is 0. The number of carboxylic acid groups (broad SMARTS) is 1. The molecule has 0 bridgehead atoms. The number of piperidine rings is 1. The Kier molecular flexibility index (Phi) is 6.72. The van der Waals surface area contributed by atoms with Gasteiger partial charge in [-0.1, -0.05) is 31.3 Å². The van der Waals surface area contributed by atoms with Gasteiger partial charge >= 0.3 is 5.97 Å². The molecular formula is C18H31BN2O2. The van der Waals surface area contributed by atoms with E-state index < -0.39 is 11.5 Å². The Hall–Kier alpha value is -0.805. The van der Waals surface area contributed by atoms with Crippen LogP contribution >= 0.6 is 0 Å². The van der Waals surface area contributed by atoms with Crippen LogP contribution in [0.1, 0.15) is 57.8 Å². The van der Waals surface area contributed by atoms with Crippen molar-refractivity contribution in [2.24, 2.45) is 11.7 Å². The molecule has 23 heavy (non-hydrogen) atoms. The van der Waals surface area contributed by atoms with Crippen molar-refractivity contribution < 1.29 is 9.90 Å². The van der Waals surface area contributed by atoms with E-state index in [-0.39, 0.29) is 5.92 Å². The molecule has 1 saturated carbocycles. The maximum Gasteiger partial charge on any atom is 0.323 e. The molecule has 2 fully saturated rings. The lowest BCUT2D eigenvalue weighted by Gasteiger charge is -2.43. The lowest BCUT2D eigenvalue weighted by Crippen LogP contribution is -2.57. The first-order chi connectivity index (χ1) is 11.0. The van der Waals surface area contributed by atoms with Gasteiger partial charge < -0.3 is 15.7 Å². The van der Waals surface area contributed by atoms with E-state index in [4.69, 9.17) is 13.6 Å². The van der Waals surface area contributed by atoms with Gasteiger partial charge in [-0.3, -0.25) is 4.79 Å². The Bertz CT molecular complexity index is 411. The zero-order valence-corrected chi connectivity index (χ0v) is 14.3. The molecule has 1 unspecified atom stereocenters. The summed E-state index contributed by atoms with van der Waals surface area (Å²) in [5.41, 5.74) is 6.62. The van der Waals surface area contributed by atoms with Gasteiger partial charge in [-0.05, 0) is 64.0 Å². The number of unbranched alkanes of at least 4 members (excludes halogenated alkanes) is 1. The van der Waals surface area contributed by atoms with Crippen molar-refractivity contribution in [1.82, 2.24) is 4.90 Å². The quantitative estimate of drug-likeness (QED) is 0.430. The van der Waals surface area contributed by atoms with Gasteiger partial charge in [0.25, 0.3) is 0 Å². The van der Waals surface area contributed by atoms with Gasteiger partial charge in [0.05, 0.1) is 7.85 Å². The number of hydrogen-bond acceptors (Lipinski definition) is 3. The van der Waals surface area contributed by atoms with Crippen LogP contribution in [0.2, 0.25) is 6.32 Å². The highest BCUT2D eigenvalue weighted by atomic mass is 16.4. The highest BCUT2D eigenvalue weighted by Gasteiger charge is 2.43. The smallest absolute Gasteiger partial charge is 0.323 e. The van der Waals surface area contributed by atoms with E-state index in [1.807, 2.05) is 0 Å². The Balaban J connectivity index is 1.88. The summed E-state index contributed by atoms with van der Waals surface area (Å²) < 4.78 is 0. The van der Waals surface area contributed by atoms with E-state index in [1.165, 1.54) is 18.4 Å². The maximum absolute atomic E-state index is 11.8. The van der Waals surface area contributed by atoms with Crippen LogP contribution < -0.4 is 5.73 Å². The first-order valence-corrected chi connectivity index (χ1v) is 9.10. The minimum absolute atomic E-state index is 0.0765. The number of carbonyl (C=O) groups is 1. The molecule has 2 rings (SSSR count). The molecule has 1 aliphatic carbocycles. The van der Waals surface area contributed by atoms with Gasteiger partial charge in [0.15, 0.2) is 0 Å². The number of hydrogen-bond donors (Lipinski definition) is 2. The molecule has 0 aromatic carbocycles. The molecular weight excluding hydrogens is 287 g/mol. The van der Waals surface area contributed by atoms with Crippen LogP contribution in [0.25, 0.3) is 0 Å². The standard InChI is InChI=1S/C18H31BN2O2/c1-14-4-6-16(7-5-14)21-12-8-15(9-13-21)18(20,17(22)23)10-2-3-11-19/h15-16H,1-13,20H2,(H,22,23). The minimum atomic E-state index is -1.08. The van der Waals surface area contributed by atoms with Crippen LogP contribution in [0.5, 0.6) is 0 Å². The van der Waals surface area contributed by atoms with Crippen molar-refractivity contribution in [3.05, 3.63) is 12.2 Å². The summed E-state index contributed by atoms with van der Waals surface area (Å²) in [4.78, 5) is 14.3. The van der Waals surface area contributed by atoms with E-state index in [0.717, 1.165) is 51.6 Å². The molecule has 5 heteroatoms. The predicted octanol–water partition coefficient (Wildman–Crippen LogP) is 2.74. The van der Waals surface area contributed by atoms with Crippen molar-refractivity contribution in [3.63, 3.8) is 0 Å². The highest BCUT2D eigenvalue weighted by Crippen LogP contribution is 2.34. The molecule has 1 heterocycles. The molecule has 0 spiro atoms. The predicted molar refractivity (Wildman–Crippen MR) is 94.7 cm³/mol. The Morgan fingerprint density at radius 3 is 2.39 bits per heavy atom. The van der Waals surface area contributed by atoms with Crippen LogP contribution in [0.4, 0.5) is 0 Å². The molecule has 0 amide bonds. The van der Waals surface area contributed by atoms with Crippen molar-refractivity contribution >= 4 is 13.8 Å². The van der Waals surface area contributed by atoms with E-state index in [9.17, 15) is 9.90 Å². The third-order valence-corrected chi connectivity index (χ3v) is 5.88. The SMILES string of the molecule is [B]CCCCC(N)(C(=O)O)C1CCN(C2CCC(=C)CC2)CC1. The van der Waals surface area contributed by atoms with Gasteiger partial charge in [-0.15, -0.1) is 0 Å². The normalized spacial score (nSPS) is 24.5. The molecule has 1 aliphatic heterocycles. The van der Waals surface area contributed by atoms with Gasteiger partial charge in [0, 0.05) is 6.04 Å². The van der Waals surface area contributed by atoms with E-state index >= 15 is 0 Å². The molecule has 128 valence electrons. The maximum atomic E-state index is 11.8. The fourth-order valence-electron chi connectivity index (χ4n) is 4.20. The zero-order chi connectivity index (χ0) is 16.9. The average molecular weight is 318 g/mol. The first-order valence-electron chi connectivity index (χ1n) is 9.10. The number of nitrogens with two attached hydrogens (primary N) is 1. The Morgan fingerprint density at radius 1 is 1.26 bits per heavy atom. The summed E-state index contributed by atoms with van der Waals surface area (Å²) in [6.45, 7) is 6.04. The summed E-state index contributed by atoms with van der Waals surface area (Å²) in [5, 5.41) is 9.65. The molecule has 4 nitrogen and oxygen atoms in total. The molecule has 2 aliphatic rings. The number of nitrogens with zero attached hydrogens (tertiary/aromatic N) is 1. The summed E-state index contributed by atoms with van der Waals surface area (Å²) in [6.07, 6.45) is 9.24. The first kappa shape index (κ1) is 18.5. The molecule has 0 aromatic rings. The fourth-order valence-corrected chi connectivity index (χ4v) is 4.20. The highest BCUT2D eigenvalue weighted by molar-refractivity contribution is 6.08. The molecule has 1 saturated heterocycles. The monoisotopic (exact) mass is 318 g/mol.